The molecule has 0 aliphatic carbocycles. The molecule has 1 unspecified atom stereocenters. The molecule has 21 heavy (non-hydrogen) atoms. The second-order valence-electron chi connectivity index (χ2n) is 5.99. The number of methoxy groups -OCH3 is 2. The molecule has 0 aromatic heterocycles. The lowest BCUT2D eigenvalue weighted by atomic mass is 9.94. The molecule has 1 atom stereocenters. The van der Waals surface area contributed by atoms with Crippen LogP contribution in [0.1, 0.15) is 32.3 Å². The van der Waals surface area contributed by atoms with Crippen molar-refractivity contribution in [2.45, 2.75) is 44.9 Å². The van der Waals surface area contributed by atoms with E-state index < -0.39 is 0 Å². The fraction of sp³-hybridized carbons (Fsp3) is 0.625. The van der Waals surface area contributed by atoms with E-state index in [4.69, 9.17) is 25.8 Å². The molecule has 1 N–H and O–H groups in total. The van der Waals surface area contributed by atoms with Gasteiger partial charge in [0.2, 0.25) is 0 Å². The first-order valence-corrected chi connectivity index (χ1v) is 7.61. The Hall–Kier alpha value is -0.970. The minimum Gasteiger partial charge on any atom is -0.493 e. The first-order valence-electron chi connectivity index (χ1n) is 7.23. The van der Waals surface area contributed by atoms with Crippen LogP contribution in [0.2, 0.25) is 5.02 Å². The molecule has 1 aliphatic rings. The Labute approximate surface area is 131 Å². The molecule has 1 heterocycles. The maximum Gasteiger partial charge on any atom is 0.179 e. The van der Waals surface area contributed by atoms with Gasteiger partial charge in [0.25, 0.3) is 0 Å². The van der Waals surface area contributed by atoms with Crippen LogP contribution in [0.25, 0.3) is 0 Å². The molecule has 1 aromatic rings. The zero-order chi connectivity index (χ0) is 15.5. The summed E-state index contributed by atoms with van der Waals surface area (Å²) in [6.07, 6.45) is 2.04. The van der Waals surface area contributed by atoms with Crippen LogP contribution in [-0.2, 0) is 11.3 Å². The van der Waals surface area contributed by atoms with Crippen molar-refractivity contribution in [2.75, 3.05) is 20.8 Å². The van der Waals surface area contributed by atoms with Crippen molar-refractivity contribution in [3.63, 3.8) is 0 Å². The first-order chi connectivity index (χ1) is 9.95. The lowest BCUT2D eigenvalue weighted by Crippen LogP contribution is -2.43. The third-order valence-corrected chi connectivity index (χ3v) is 4.07. The molecule has 4 nitrogen and oxygen atoms in total. The van der Waals surface area contributed by atoms with Crippen LogP contribution in [-0.4, -0.2) is 32.5 Å². The summed E-state index contributed by atoms with van der Waals surface area (Å²) in [4.78, 5) is 0. The van der Waals surface area contributed by atoms with Crippen LogP contribution in [0.5, 0.6) is 11.5 Å². The summed E-state index contributed by atoms with van der Waals surface area (Å²) < 4.78 is 16.3. The van der Waals surface area contributed by atoms with Crippen molar-refractivity contribution in [1.82, 2.24) is 5.32 Å². The van der Waals surface area contributed by atoms with Gasteiger partial charge < -0.3 is 19.5 Å². The molecular weight excluding hydrogens is 290 g/mol. The molecule has 0 radical (unpaired) electrons. The Morgan fingerprint density at radius 1 is 1.33 bits per heavy atom. The van der Waals surface area contributed by atoms with Gasteiger partial charge in [0, 0.05) is 19.2 Å². The van der Waals surface area contributed by atoms with E-state index >= 15 is 0 Å². The molecular formula is C16H24ClNO3. The minimum atomic E-state index is -0.0504. The summed E-state index contributed by atoms with van der Waals surface area (Å²) in [5.74, 6) is 1.24. The van der Waals surface area contributed by atoms with Crippen molar-refractivity contribution in [2.24, 2.45) is 0 Å². The molecule has 0 saturated carbocycles. The van der Waals surface area contributed by atoms with Crippen molar-refractivity contribution >= 4 is 11.6 Å². The number of benzene rings is 1. The number of nitrogens with one attached hydrogen (secondary N) is 1. The highest BCUT2D eigenvalue weighted by Gasteiger charge is 2.28. The summed E-state index contributed by atoms with van der Waals surface area (Å²) >= 11 is 6.23. The molecule has 0 bridgehead atoms. The highest BCUT2D eigenvalue weighted by molar-refractivity contribution is 6.32. The predicted molar refractivity (Wildman–Crippen MR) is 84.4 cm³/mol. The monoisotopic (exact) mass is 313 g/mol. The van der Waals surface area contributed by atoms with Crippen LogP contribution < -0.4 is 14.8 Å². The summed E-state index contributed by atoms with van der Waals surface area (Å²) in [5.41, 5.74) is 1.03. The van der Waals surface area contributed by atoms with E-state index in [2.05, 4.69) is 19.2 Å². The molecule has 5 heteroatoms. The van der Waals surface area contributed by atoms with Crippen molar-refractivity contribution < 1.29 is 14.2 Å². The third-order valence-electron chi connectivity index (χ3n) is 3.79. The van der Waals surface area contributed by atoms with Crippen LogP contribution in [0, 0.1) is 0 Å². The Bertz CT molecular complexity index is 491. The van der Waals surface area contributed by atoms with Crippen molar-refractivity contribution in [3.05, 3.63) is 22.7 Å². The second kappa shape index (κ2) is 6.86. The molecule has 1 fully saturated rings. The predicted octanol–water partition coefficient (Wildman–Crippen LogP) is 3.40. The quantitative estimate of drug-likeness (QED) is 0.904. The molecule has 2 rings (SSSR count). The maximum absolute atomic E-state index is 6.23. The fourth-order valence-corrected chi connectivity index (χ4v) is 3.05. The van der Waals surface area contributed by atoms with Gasteiger partial charge in [-0.3, -0.25) is 0 Å². The molecule has 0 spiro atoms. The number of hydrogen-bond donors (Lipinski definition) is 1. The largest absolute Gasteiger partial charge is 0.493 e. The van der Waals surface area contributed by atoms with E-state index in [9.17, 15) is 0 Å². The van der Waals surface area contributed by atoms with Gasteiger partial charge in [-0.1, -0.05) is 11.6 Å². The Morgan fingerprint density at radius 2 is 2.10 bits per heavy atom. The van der Waals surface area contributed by atoms with Crippen LogP contribution >= 0.6 is 11.6 Å². The lowest BCUT2D eigenvalue weighted by Gasteiger charge is -2.36. The molecule has 0 amide bonds. The minimum absolute atomic E-state index is 0.0504. The molecule has 1 aromatic carbocycles. The van der Waals surface area contributed by atoms with Gasteiger partial charge in [-0.05, 0) is 44.4 Å². The summed E-state index contributed by atoms with van der Waals surface area (Å²) in [6.45, 7) is 5.82. The van der Waals surface area contributed by atoms with Crippen LogP contribution in [0.4, 0.5) is 0 Å². The Balaban J connectivity index is 2.02. The summed E-state index contributed by atoms with van der Waals surface area (Å²) in [6, 6.07) is 4.34. The average Bonchev–Trinajstić information content (AvgIpc) is 2.43. The van der Waals surface area contributed by atoms with Gasteiger partial charge in [0.1, 0.15) is 0 Å². The van der Waals surface area contributed by atoms with Crippen LogP contribution in [0.3, 0.4) is 0 Å². The SMILES string of the molecule is COc1cc(CNC2CCOC(C)(C)C2)cc(Cl)c1OC. The zero-order valence-corrected chi connectivity index (χ0v) is 13.9. The van der Waals surface area contributed by atoms with Gasteiger partial charge in [0.15, 0.2) is 11.5 Å². The average molecular weight is 314 g/mol. The van der Waals surface area contributed by atoms with E-state index in [0.717, 1.165) is 31.6 Å². The lowest BCUT2D eigenvalue weighted by molar-refractivity contribution is -0.0630. The van der Waals surface area contributed by atoms with Gasteiger partial charge in [-0.15, -0.1) is 0 Å². The molecule has 118 valence electrons. The number of ether oxygens (including phenoxy) is 3. The number of rotatable bonds is 5. The standard InChI is InChI=1S/C16H24ClNO3/c1-16(2)9-12(5-6-21-16)18-10-11-7-13(17)15(20-4)14(8-11)19-3/h7-8,12,18H,5-6,9-10H2,1-4H3. The molecule has 1 saturated heterocycles. The van der Waals surface area contributed by atoms with Crippen LogP contribution in [0.15, 0.2) is 12.1 Å². The van der Waals surface area contributed by atoms with Crippen molar-refractivity contribution in [3.8, 4) is 11.5 Å². The summed E-state index contributed by atoms with van der Waals surface area (Å²) in [5, 5.41) is 4.14. The van der Waals surface area contributed by atoms with E-state index in [-0.39, 0.29) is 5.60 Å². The fourth-order valence-electron chi connectivity index (χ4n) is 2.74. The normalized spacial score (nSPS) is 21.1. The smallest absolute Gasteiger partial charge is 0.179 e. The zero-order valence-electron chi connectivity index (χ0n) is 13.2. The Kier molecular flexibility index (Phi) is 5.36. The molecule has 1 aliphatic heterocycles. The topological polar surface area (TPSA) is 39.7 Å². The van der Waals surface area contributed by atoms with Crippen molar-refractivity contribution in [1.29, 1.82) is 0 Å². The van der Waals surface area contributed by atoms with Gasteiger partial charge in [-0.25, -0.2) is 0 Å². The van der Waals surface area contributed by atoms with Gasteiger partial charge in [0.05, 0.1) is 24.8 Å². The third kappa shape index (κ3) is 4.25. The first kappa shape index (κ1) is 16.4. The highest BCUT2D eigenvalue weighted by Crippen LogP contribution is 2.36. The van der Waals surface area contributed by atoms with Gasteiger partial charge >= 0.3 is 0 Å². The second-order valence-corrected chi connectivity index (χ2v) is 6.40. The summed E-state index contributed by atoms with van der Waals surface area (Å²) in [7, 11) is 3.21. The van der Waals surface area contributed by atoms with E-state index in [1.165, 1.54) is 0 Å². The number of halogens is 1. The maximum atomic E-state index is 6.23. The van der Waals surface area contributed by atoms with E-state index in [1.807, 2.05) is 12.1 Å². The Morgan fingerprint density at radius 3 is 2.71 bits per heavy atom. The van der Waals surface area contributed by atoms with Gasteiger partial charge in [-0.2, -0.15) is 0 Å². The highest BCUT2D eigenvalue weighted by atomic mass is 35.5. The van der Waals surface area contributed by atoms with E-state index in [1.54, 1.807) is 14.2 Å². The van der Waals surface area contributed by atoms with E-state index in [0.29, 0.717) is 22.6 Å². The number of hydrogen-bond acceptors (Lipinski definition) is 4.